The highest BCUT2D eigenvalue weighted by Crippen LogP contribution is 2.32. The standard InChI is InChI=1S/C19H17NO4/c1-11-7-12(2)15-5-4-14(19(22)16(15)8-11)9-13-3-6-18(21)17(10-13)20(23)24/h3,6-10,21H,4-5H2,1-2H3. The zero-order valence-electron chi connectivity index (χ0n) is 13.5. The summed E-state index contributed by atoms with van der Waals surface area (Å²) in [6.45, 7) is 3.97. The van der Waals surface area contributed by atoms with Gasteiger partial charge < -0.3 is 5.11 Å². The van der Waals surface area contributed by atoms with Crippen molar-refractivity contribution in [2.45, 2.75) is 26.7 Å². The van der Waals surface area contributed by atoms with E-state index >= 15 is 0 Å². The van der Waals surface area contributed by atoms with Crippen LogP contribution in [0.2, 0.25) is 0 Å². The SMILES string of the molecule is Cc1cc(C)c2c(c1)C(=O)C(=Cc1ccc(O)c([N+](=O)[O-])c1)CC2. The summed E-state index contributed by atoms with van der Waals surface area (Å²) in [6, 6.07) is 8.10. The van der Waals surface area contributed by atoms with Gasteiger partial charge in [0.25, 0.3) is 0 Å². The van der Waals surface area contributed by atoms with Gasteiger partial charge in [0, 0.05) is 17.2 Å². The summed E-state index contributed by atoms with van der Waals surface area (Å²) in [5, 5.41) is 20.5. The fourth-order valence-corrected chi connectivity index (χ4v) is 3.19. The van der Waals surface area contributed by atoms with E-state index in [-0.39, 0.29) is 17.2 Å². The molecule has 0 fully saturated rings. The summed E-state index contributed by atoms with van der Waals surface area (Å²) in [5.74, 6) is -0.410. The molecule has 0 saturated carbocycles. The lowest BCUT2D eigenvalue weighted by Crippen LogP contribution is -2.15. The number of benzene rings is 2. The minimum Gasteiger partial charge on any atom is -0.502 e. The maximum Gasteiger partial charge on any atom is 0.311 e. The van der Waals surface area contributed by atoms with Gasteiger partial charge in [-0.05, 0) is 61.6 Å². The van der Waals surface area contributed by atoms with Gasteiger partial charge in [-0.25, -0.2) is 0 Å². The van der Waals surface area contributed by atoms with Crippen molar-refractivity contribution in [3.05, 3.63) is 73.8 Å². The first-order valence-electron chi connectivity index (χ1n) is 7.69. The fourth-order valence-electron chi connectivity index (χ4n) is 3.19. The molecule has 5 heteroatoms. The van der Waals surface area contributed by atoms with Gasteiger partial charge >= 0.3 is 5.69 Å². The van der Waals surface area contributed by atoms with E-state index in [4.69, 9.17) is 0 Å². The molecule has 24 heavy (non-hydrogen) atoms. The Morgan fingerprint density at radius 2 is 1.92 bits per heavy atom. The van der Waals surface area contributed by atoms with Crippen LogP contribution in [0.4, 0.5) is 5.69 Å². The third-order valence-corrected chi connectivity index (χ3v) is 4.33. The van der Waals surface area contributed by atoms with E-state index in [0.717, 1.165) is 28.7 Å². The molecule has 0 aromatic heterocycles. The predicted octanol–water partition coefficient (Wildman–Crippen LogP) is 4.13. The number of aryl methyl sites for hydroxylation is 2. The molecule has 0 atom stereocenters. The molecule has 5 nitrogen and oxygen atoms in total. The quantitative estimate of drug-likeness (QED) is 0.512. The van der Waals surface area contributed by atoms with Crippen molar-refractivity contribution in [3.63, 3.8) is 0 Å². The van der Waals surface area contributed by atoms with E-state index in [1.165, 1.54) is 12.1 Å². The normalized spacial score (nSPS) is 15.4. The molecule has 1 aliphatic rings. The van der Waals surface area contributed by atoms with Crippen LogP contribution in [0.1, 0.15) is 39.0 Å². The smallest absolute Gasteiger partial charge is 0.311 e. The van der Waals surface area contributed by atoms with Crippen LogP contribution in [0.5, 0.6) is 5.75 Å². The average Bonchev–Trinajstić information content (AvgIpc) is 2.52. The number of nitro groups is 1. The average molecular weight is 323 g/mol. The first-order valence-corrected chi connectivity index (χ1v) is 7.69. The molecule has 0 radical (unpaired) electrons. The lowest BCUT2D eigenvalue weighted by Gasteiger charge is -2.20. The second-order valence-electron chi connectivity index (χ2n) is 6.11. The van der Waals surface area contributed by atoms with Crippen molar-refractivity contribution >= 4 is 17.5 Å². The predicted molar refractivity (Wildman–Crippen MR) is 91.3 cm³/mol. The van der Waals surface area contributed by atoms with E-state index in [0.29, 0.717) is 17.6 Å². The van der Waals surface area contributed by atoms with Crippen molar-refractivity contribution in [1.82, 2.24) is 0 Å². The number of aromatic hydroxyl groups is 1. The van der Waals surface area contributed by atoms with Crippen LogP contribution in [0.25, 0.3) is 6.08 Å². The Kier molecular flexibility index (Phi) is 3.93. The lowest BCUT2D eigenvalue weighted by molar-refractivity contribution is -0.385. The van der Waals surface area contributed by atoms with E-state index in [1.807, 2.05) is 19.9 Å². The van der Waals surface area contributed by atoms with Gasteiger partial charge in [-0.15, -0.1) is 0 Å². The molecule has 0 bridgehead atoms. The van der Waals surface area contributed by atoms with Crippen molar-refractivity contribution in [3.8, 4) is 5.75 Å². The third kappa shape index (κ3) is 2.80. The number of phenolic OH excluding ortho intramolecular Hbond substituents is 1. The molecular formula is C19H17NO4. The van der Waals surface area contributed by atoms with Crippen molar-refractivity contribution in [2.24, 2.45) is 0 Å². The Balaban J connectivity index is 2.02. The van der Waals surface area contributed by atoms with Gasteiger partial charge in [0.2, 0.25) is 0 Å². The molecule has 0 spiro atoms. The second kappa shape index (κ2) is 5.92. The number of carbonyl (C=O) groups excluding carboxylic acids is 1. The summed E-state index contributed by atoms with van der Waals surface area (Å²) < 4.78 is 0. The molecular weight excluding hydrogens is 306 g/mol. The summed E-state index contributed by atoms with van der Waals surface area (Å²) in [6.07, 6.45) is 3.05. The van der Waals surface area contributed by atoms with Gasteiger partial charge in [-0.2, -0.15) is 0 Å². The number of carbonyl (C=O) groups is 1. The molecule has 0 saturated heterocycles. The van der Waals surface area contributed by atoms with E-state index < -0.39 is 4.92 Å². The van der Waals surface area contributed by atoms with Gasteiger partial charge in [0.1, 0.15) is 0 Å². The largest absolute Gasteiger partial charge is 0.502 e. The summed E-state index contributed by atoms with van der Waals surface area (Å²) in [5.41, 5.74) is 4.78. The molecule has 2 aromatic rings. The topological polar surface area (TPSA) is 80.4 Å². The number of allylic oxidation sites excluding steroid dienone is 1. The molecule has 0 unspecified atom stereocenters. The number of Topliss-reactive ketones (excluding diaryl/α,β-unsaturated/α-hetero) is 1. The molecule has 1 aliphatic carbocycles. The second-order valence-corrected chi connectivity index (χ2v) is 6.11. The number of rotatable bonds is 2. The highest BCUT2D eigenvalue weighted by molar-refractivity contribution is 6.13. The van der Waals surface area contributed by atoms with Crippen LogP contribution in [0.15, 0.2) is 35.9 Å². The Hall–Kier alpha value is -2.95. The Labute approximate surface area is 139 Å². The van der Waals surface area contributed by atoms with Crippen LogP contribution in [0.3, 0.4) is 0 Å². The highest BCUT2D eigenvalue weighted by Gasteiger charge is 2.24. The number of phenols is 1. The number of hydrogen-bond acceptors (Lipinski definition) is 4. The first kappa shape index (κ1) is 15.9. The van der Waals surface area contributed by atoms with Gasteiger partial charge in [-0.1, -0.05) is 17.7 Å². The Bertz CT molecular complexity index is 896. The molecule has 3 rings (SSSR count). The molecule has 122 valence electrons. The van der Waals surface area contributed by atoms with Crippen LogP contribution in [-0.4, -0.2) is 15.8 Å². The lowest BCUT2D eigenvalue weighted by atomic mass is 9.83. The molecule has 0 amide bonds. The van der Waals surface area contributed by atoms with Crippen LogP contribution >= 0.6 is 0 Å². The summed E-state index contributed by atoms with van der Waals surface area (Å²) >= 11 is 0. The summed E-state index contributed by atoms with van der Waals surface area (Å²) in [7, 11) is 0. The molecule has 0 aliphatic heterocycles. The van der Waals surface area contributed by atoms with Crippen molar-refractivity contribution in [1.29, 1.82) is 0 Å². The van der Waals surface area contributed by atoms with Gasteiger partial charge in [0.05, 0.1) is 4.92 Å². The van der Waals surface area contributed by atoms with Crippen molar-refractivity contribution in [2.75, 3.05) is 0 Å². The van der Waals surface area contributed by atoms with Gasteiger partial charge in [0.15, 0.2) is 11.5 Å². The number of ketones is 1. The highest BCUT2D eigenvalue weighted by atomic mass is 16.6. The van der Waals surface area contributed by atoms with Crippen LogP contribution < -0.4 is 0 Å². The first-order chi connectivity index (χ1) is 11.4. The number of nitro benzene ring substituents is 1. The number of fused-ring (bicyclic) bond motifs is 1. The Morgan fingerprint density at radius 3 is 2.62 bits per heavy atom. The van der Waals surface area contributed by atoms with E-state index in [1.54, 1.807) is 12.1 Å². The van der Waals surface area contributed by atoms with Crippen LogP contribution in [-0.2, 0) is 6.42 Å². The third-order valence-electron chi connectivity index (χ3n) is 4.33. The monoisotopic (exact) mass is 323 g/mol. The minimum atomic E-state index is -0.637. The maximum atomic E-state index is 12.8. The summed E-state index contributed by atoms with van der Waals surface area (Å²) in [4.78, 5) is 23.0. The number of hydrogen-bond donors (Lipinski definition) is 1. The van der Waals surface area contributed by atoms with Gasteiger partial charge in [-0.3, -0.25) is 14.9 Å². The fraction of sp³-hybridized carbons (Fsp3) is 0.211. The molecule has 1 N–H and O–H groups in total. The van der Waals surface area contributed by atoms with E-state index in [9.17, 15) is 20.0 Å². The van der Waals surface area contributed by atoms with Crippen LogP contribution in [0, 0.1) is 24.0 Å². The Morgan fingerprint density at radius 1 is 1.17 bits per heavy atom. The van der Waals surface area contributed by atoms with E-state index in [2.05, 4.69) is 6.07 Å². The molecule has 0 heterocycles. The molecule has 2 aromatic carbocycles. The zero-order chi connectivity index (χ0) is 17.4. The number of nitrogens with zero attached hydrogens (tertiary/aromatic N) is 1. The zero-order valence-corrected chi connectivity index (χ0v) is 13.5. The minimum absolute atomic E-state index is 0.0289. The maximum absolute atomic E-state index is 12.8. The van der Waals surface area contributed by atoms with Crippen molar-refractivity contribution < 1.29 is 14.8 Å².